The predicted octanol–water partition coefficient (Wildman–Crippen LogP) is 4.70. The van der Waals surface area contributed by atoms with Crippen molar-refractivity contribution in [3.8, 4) is 17.1 Å². The van der Waals surface area contributed by atoms with Gasteiger partial charge in [0.15, 0.2) is 12.4 Å². The first kappa shape index (κ1) is 21.8. The number of aromatic nitrogens is 1. The molecule has 0 saturated carbocycles. The zero-order chi connectivity index (χ0) is 22.7. The molecule has 4 aromatic rings. The van der Waals surface area contributed by atoms with Gasteiger partial charge in [-0.05, 0) is 42.8 Å². The number of hydrogen-bond donors (Lipinski definition) is 1. The van der Waals surface area contributed by atoms with Crippen LogP contribution in [-0.4, -0.2) is 23.9 Å². The Bertz CT molecular complexity index is 1380. The van der Waals surface area contributed by atoms with Gasteiger partial charge in [-0.2, -0.15) is 5.10 Å². The fourth-order valence-electron chi connectivity index (χ4n) is 2.88. The van der Waals surface area contributed by atoms with Crippen LogP contribution in [0.2, 0.25) is 5.02 Å². The number of rotatable bonds is 6. The zero-order valence-corrected chi connectivity index (χ0v) is 18.9. The molecule has 0 unspecified atom stereocenters. The number of hydrogen-bond acceptors (Lipinski definition) is 7. The van der Waals surface area contributed by atoms with Gasteiger partial charge < -0.3 is 13.7 Å². The van der Waals surface area contributed by atoms with Crippen molar-refractivity contribution in [3.63, 3.8) is 0 Å². The number of ether oxygens (including phenoxy) is 1. The molecule has 10 heteroatoms. The summed E-state index contributed by atoms with van der Waals surface area (Å²) in [6, 6.07) is 10.2. The number of halogens is 2. The molecule has 0 fully saturated rings. The Morgan fingerprint density at radius 1 is 1.31 bits per heavy atom. The summed E-state index contributed by atoms with van der Waals surface area (Å²) in [4.78, 5) is 24.7. The summed E-state index contributed by atoms with van der Waals surface area (Å²) >= 11 is 9.52. The van der Waals surface area contributed by atoms with Gasteiger partial charge in [-0.15, -0.1) is 0 Å². The van der Waals surface area contributed by atoms with E-state index < -0.39 is 5.91 Å². The Morgan fingerprint density at radius 3 is 2.94 bits per heavy atom. The van der Waals surface area contributed by atoms with E-state index in [-0.39, 0.29) is 17.6 Å². The van der Waals surface area contributed by atoms with Crippen molar-refractivity contribution in [1.29, 1.82) is 0 Å². The first-order valence-electron chi connectivity index (χ1n) is 9.29. The molecule has 0 saturated heterocycles. The van der Waals surface area contributed by atoms with Crippen LogP contribution in [0.1, 0.15) is 11.1 Å². The molecule has 0 atom stereocenters. The van der Waals surface area contributed by atoms with Crippen LogP contribution in [0.5, 0.6) is 5.75 Å². The molecule has 1 amide bonds. The van der Waals surface area contributed by atoms with E-state index in [2.05, 4.69) is 31.6 Å². The number of fused-ring (bicyclic) bond motifs is 1. The molecule has 1 N–H and O–H groups in total. The molecule has 2 aromatic heterocycles. The van der Waals surface area contributed by atoms with E-state index >= 15 is 0 Å². The first-order chi connectivity index (χ1) is 15.4. The van der Waals surface area contributed by atoms with Gasteiger partial charge in [0.1, 0.15) is 17.6 Å². The Labute approximate surface area is 194 Å². The average Bonchev–Trinajstić information content (AvgIpc) is 3.31. The summed E-state index contributed by atoms with van der Waals surface area (Å²) in [7, 11) is 0. The highest BCUT2D eigenvalue weighted by molar-refractivity contribution is 9.10. The molecular formula is C22H15BrClN3O5. The number of amides is 1. The van der Waals surface area contributed by atoms with Crippen LogP contribution >= 0.6 is 27.5 Å². The van der Waals surface area contributed by atoms with Crippen LogP contribution in [-0.2, 0) is 4.79 Å². The van der Waals surface area contributed by atoms with Gasteiger partial charge >= 0.3 is 0 Å². The van der Waals surface area contributed by atoms with Crippen LogP contribution in [0.3, 0.4) is 0 Å². The van der Waals surface area contributed by atoms with E-state index in [0.29, 0.717) is 33.1 Å². The minimum atomic E-state index is -0.523. The van der Waals surface area contributed by atoms with Crippen LogP contribution in [0.4, 0.5) is 0 Å². The van der Waals surface area contributed by atoms with E-state index in [1.807, 2.05) is 6.92 Å². The molecule has 0 aliphatic heterocycles. The van der Waals surface area contributed by atoms with E-state index in [1.54, 1.807) is 36.4 Å². The third kappa shape index (κ3) is 4.74. The molecule has 0 radical (unpaired) electrons. The van der Waals surface area contributed by atoms with Gasteiger partial charge in [-0.3, -0.25) is 9.59 Å². The summed E-state index contributed by atoms with van der Waals surface area (Å²) in [5, 5.41) is 8.43. The van der Waals surface area contributed by atoms with E-state index in [0.717, 1.165) is 10.0 Å². The van der Waals surface area contributed by atoms with E-state index in [1.165, 1.54) is 18.7 Å². The van der Waals surface area contributed by atoms with Crippen LogP contribution in [0, 0.1) is 6.92 Å². The quantitative estimate of drug-likeness (QED) is 0.294. The van der Waals surface area contributed by atoms with Crippen molar-refractivity contribution < 1.29 is 18.5 Å². The van der Waals surface area contributed by atoms with Crippen LogP contribution < -0.4 is 15.6 Å². The Morgan fingerprint density at radius 2 is 2.16 bits per heavy atom. The second-order valence-electron chi connectivity index (χ2n) is 6.72. The summed E-state index contributed by atoms with van der Waals surface area (Å²) in [6.07, 6.45) is 4.00. The van der Waals surface area contributed by atoms with E-state index in [4.69, 9.17) is 25.3 Å². The highest BCUT2D eigenvalue weighted by atomic mass is 79.9. The lowest BCUT2D eigenvalue weighted by Gasteiger charge is -2.11. The van der Waals surface area contributed by atoms with Crippen molar-refractivity contribution in [3.05, 3.63) is 79.7 Å². The summed E-state index contributed by atoms with van der Waals surface area (Å²) in [5.41, 5.74) is 4.04. The number of nitrogens with one attached hydrogen (secondary N) is 1. The molecule has 0 aliphatic carbocycles. The molecule has 0 bridgehead atoms. The number of carbonyl (C=O) groups excluding carboxylic acids is 1. The van der Waals surface area contributed by atoms with Gasteiger partial charge in [-0.25, -0.2) is 5.43 Å². The third-order valence-corrected chi connectivity index (χ3v) is 5.38. The molecule has 162 valence electrons. The standard InChI is InChI=1S/C22H15BrClN3O5/c1-12-6-20(15(8-17(12)24)19-4-5-26-32-19)31-11-21(28)27-25-9-13-10-30-18-3-2-14(23)7-16(18)22(13)29/h2-10H,11H2,1H3,(H,27,28)/b25-9+. The summed E-state index contributed by atoms with van der Waals surface area (Å²) < 4.78 is 17.0. The van der Waals surface area contributed by atoms with Gasteiger partial charge in [0.2, 0.25) is 5.43 Å². The number of carbonyl (C=O) groups is 1. The molecule has 0 spiro atoms. The molecule has 0 aliphatic rings. The number of aryl methyl sites for hydroxylation is 1. The maximum absolute atomic E-state index is 12.5. The number of hydrazone groups is 1. The maximum atomic E-state index is 12.5. The largest absolute Gasteiger partial charge is 0.483 e. The molecule has 32 heavy (non-hydrogen) atoms. The predicted molar refractivity (Wildman–Crippen MR) is 123 cm³/mol. The van der Waals surface area contributed by atoms with Crippen molar-refractivity contribution in [2.24, 2.45) is 5.10 Å². The maximum Gasteiger partial charge on any atom is 0.277 e. The van der Waals surface area contributed by atoms with Crippen molar-refractivity contribution in [2.75, 3.05) is 6.61 Å². The first-order valence-corrected chi connectivity index (χ1v) is 10.5. The SMILES string of the molecule is Cc1cc(OCC(=O)N/N=C/c2coc3ccc(Br)cc3c2=O)c(-c2ccno2)cc1Cl. The second kappa shape index (κ2) is 9.37. The highest BCUT2D eigenvalue weighted by Crippen LogP contribution is 2.34. The van der Waals surface area contributed by atoms with Gasteiger partial charge in [0.25, 0.3) is 5.91 Å². The topological polar surface area (TPSA) is 107 Å². The van der Waals surface area contributed by atoms with Gasteiger partial charge in [0, 0.05) is 15.6 Å². The minimum Gasteiger partial charge on any atom is -0.483 e. The van der Waals surface area contributed by atoms with Crippen molar-refractivity contribution in [1.82, 2.24) is 10.6 Å². The molecular weight excluding hydrogens is 502 g/mol. The Balaban J connectivity index is 1.44. The molecule has 4 rings (SSSR count). The van der Waals surface area contributed by atoms with Crippen molar-refractivity contribution >= 4 is 50.6 Å². The van der Waals surface area contributed by atoms with Crippen molar-refractivity contribution in [2.45, 2.75) is 6.92 Å². The molecule has 8 nitrogen and oxygen atoms in total. The smallest absolute Gasteiger partial charge is 0.277 e. The Kier molecular flexibility index (Phi) is 6.38. The average molecular weight is 517 g/mol. The molecule has 2 aromatic carbocycles. The fourth-order valence-corrected chi connectivity index (χ4v) is 3.40. The number of nitrogens with zero attached hydrogens (tertiary/aromatic N) is 2. The third-order valence-electron chi connectivity index (χ3n) is 4.48. The highest BCUT2D eigenvalue weighted by Gasteiger charge is 2.14. The van der Waals surface area contributed by atoms with Crippen LogP contribution in [0.25, 0.3) is 22.3 Å². The number of benzene rings is 2. The summed E-state index contributed by atoms with van der Waals surface area (Å²) in [5.74, 6) is 0.337. The lowest BCUT2D eigenvalue weighted by molar-refractivity contribution is -0.123. The van der Waals surface area contributed by atoms with Crippen LogP contribution in [0.15, 0.2) is 72.2 Å². The van der Waals surface area contributed by atoms with E-state index in [9.17, 15) is 9.59 Å². The minimum absolute atomic E-state index is 0.192. The van der Waals surface area contributed by atoms with Gasteiger partial charge in [-0.1, -0.05) is 32.7 Å². The summed E-state index contributed by atoms with van der Waals surface area (Å²) in [6.45, 7) is 1.50. The normalized spacial score (nSPS) is 11.2. The van der Waals surface area contributed by atoms with Gasteiger partial charge in [0.05, 0.1) is 28.9 Å². The lowest BCUT2D eigenvalue weighted by Crippen LogP contribution is -2.25. The zero-order valence-electron chi connectivity index (χ0n) is 16.6. The fraction of sp³-hybridized carbons (Fsp3) is 0.0909. The molecule has 2 heterocycles. The Hall–Kier alpha value is -3.43. The second-order valence-corrected chi connectivity index (χ2v) is 8.04. The lowest BCUT2D eigenvalue weighted by atomic mass is 10.1. The monoisotopic (exact) mass is 515 g/mol.